The summed E-state index contributed by atoms with van der Waals surface area (Å²) < 4.78 is 11.3. The third kappa shape index (κ3) is 7.88. The Morgan fingerprint density at radius 2 is 1.45 bits per heavy atom. The highest BCUT2D eigenvalue weighted by molar-refractivity contribution is 5.72. The summed E-state index contributed by atoms with van der Waals surface area (Å²) in [6.45, 7) is 18.5. The van der Waals surface area contributed by atoms with E-state index in [9.17, 15) is 4.79 Å². The van der Waals surface area contributed by atoms with Crippen LogP contribution in [0, 0.1) is 23.2 Å². The van der Waals surface area contributed by atoms with E-state index in [4.69, 9.17) is 9.47 Å². The number of hydrogen-bond donors (Lipinski definition) is 0. The molecule has 0 aliphatic heterocycles. The standard InChI is InChI=1S/C17H34O3/c1-11(2)14(10-17(7,8)9)15(18)20-16(12(3)4)19-13(5)6/h11-14,16H,10H2,1-9H3. The molecule has 0 aromatic heterocycles. The fraction of sp³-hybridized carbons (Fsp3) is 0.941. The molecule has 3 heteroatoms. The van der Waals surface area contributed by atoms with Crippen molar-refractivity contribution in [1.29, 1.82) is 0 Å². The van der Waals surface area contributed by atoms with Crippen molar-refractivity contribution < 1.29 is 14.3 Å². The van der Waals surface area contributed by atoms with Gasteiger partial charge in [0.15, 0.2) is 0 Å². The second kappa shape index (κ2) is 8.02. The fourth-order valence-corrected chi connectivity index (χ4v) is 2.04. The lowest BCUT2D eigenvalue weighted by Crippen LogP contribution is -2.35. The number of esters is 1. The molecule has 2 atom stereocenters. The van der Waals surface area contributed by atoms with Gasteiger partial charge in [0.1, 0.15) is 0 Å². The molecule has 0 bridgehead atoms. The molecule has 20 heavy (non-hydrogen) atoms. The fourth-order valence-electron chi connectivity index (χ4n) is 2.04. The third-order valence-corrected chi connectivity index (χ3v) is 3.12. The SMILES string of the molecule is CC(C)OC(OC(=O)C(CC(C)(C)C)C(C)C)C(C)C. The summed E-state index contributed by atoms with van der Waals surface area (Å²) in [6.07, 6.45) is 0.426. The zero-order valence-corrected chi connectivity index (χ0v) is 14.8. The summed E-state index contributed by atoms with van der Waals surface area (Å²) in [5.41, 5.74) is 0.111. The largest absolute Gasteiger partial charge is 0.435 e. The second-order valence-corrected chi connectivity index (χ2v) is 7.85. The molecule has 0 saturated heterocycles. The van der Waals surface area contributed by atoms with Gasteiger partial charge in [-0.1, -0.05) is 48.5 Å². The first-order valence-corrected chi connectivity index (χ1v) is 7.80. The van der Waals surface area contributed by atoms with Gasteiger partial charge < -0.3 is 9.47 Å². The van der Waals surface area contributed by atoms with Crippen molar-refractivity contribution in [3.63, 3.8) is 0 Å². The van der Waals surface area contributed by atoms with E-state index in [1.165, 1.54) is 0 Å². The molecular formula is C17H34O3. The van der Waals surface area contributed by atoms with Crippen LogP contribution in [-0.4, -0.2) is 18.4 Å². The van der Waals surface area contributed by atoms with Crippen LogP contribution in [0.2, 0.25) is 0 Å². The quantitative estimate of drug-likeness (QED) is 0.505. The highest BCUT2D eigenvalue weighted by Crippen LogP contribution is 2.30. The van der Waals surface area contributed by atoms with Crippen LogP contribution in [0.15, 0.2) is 0 Å². The summed E-state index contributed by atoms with van der Waals surface area (Å²) >= 11 is 0. The van der Waals surface area contributed by atoms with Gasteiger partial charge in [0, 0.05) is 5.92 Å². The third-order valence-electron chi connectivity index (χ3n) is 3.12. The van der Waals surface area contributed by atoms with Gasteiger partial charge in [0.25, 0.3) is 0 Å². The van der Waals surface area contributed by atoms with Gasteiger partial charge in [-0.05, 0) is 31.6 Å². The molecule has 120 valence electrons. The number of carbonyl (C=O) groups excluding carboxylic acids is 1. The van der Waals surface area contributed by atoms with Gasteiger partial charge in [-0.3, -0.25) is 4.79 Å². The molecule has 0 heterocycles. The Hall–Kier alpha value is -0.570. The predicted molar refractivity (Wildman–Crippen MR) is 83.3 cm³/mol. The van der Waals surface area contributed by atoms with Gasteiger partial charge in [0.2, 0.25) is 6.29 Å². The zero-order chi connectivity index (χ0) is 16.1. The summed E-state index contributed by atoms with van der Waals surface area (Å²) in [7, 11) is 0. The van der Waals surface area contributed by atoms with E-state index in [1.807, 2.05) is 27.7 Å². The summed E-state index contributed by atoms with van der Waals surface area (Å²) in [6, 6.07) is 0. The van der Waals surface area contributed by atoms with Crippen molar-refractivity contribution in [3.8, 4) is 0 Å². The van der Waals surface area contributed by atoms with Crippen LogP contribution in [0.5, 0.6) is 0 Å². The lowest BCUT2D eigenvalue weighted by atomic mass is 9.80. The molecule has 0 rings (SSSR count). The zero-order valence-electron chi connectivity index (χ0n) is 14.8. The molecule has 0 aromatic carbocycles. The second-order valence-electron chi connectivity index (χ2n) is 7.85. The topological polar surface area (TPSA) is 35.5 Å². The number of hydrogen-bond acceptors (Lipinski definition) is 3. The molecule has 0 radical (unpaired) electrons. The molecule has 0 fully saturated rings. The predicted octanol–water partition coefficient (Wildman–Crippen LogP) is 4.65. The monoisotopic (exact) mass is 286 g/mol. The molecule has 0 aliphatic carbocycles. The van der Waals surface area contributed by atoms with Crippen molar-refractivity contribution >= 4 is 5.97 Å². The molecule has 2 unspecified atom stereocenters. The Bertz CT molecular complexity index is 287. The molecule has 3 nitrogen and oxygen atoms in total. The lowest BCUT2D eigenvalue weighted by Gasteiger charge is -2.30. The first kappa shape index (κ1) is 19.4. The van der Waals surface area contributed by atoms with E-state index >= 15 is 0 Å². The molecule has 0 aromatic rings. The molecule has 0 aliphatic rings. The number of ether oxygens (including phenoxy) is 2. The van der Waals surface area contributed by atoms with Crippen LogP contribution in [0.25, 0.3) is 0 Å². The van der Waals surface area contributed by atoms with E-state index in [0.717, 1.165) is 6.42 Å². The van der Waals surface area contributed by atoms with Crippen molar-refractivity contribution in [1.82, 2.24) is 0 Å². The minimum atomic E-state index is -0.455. The van der Waals surface area contributed by atoms with E-state index in [1.54, 1.807) is 0 Å². The van der Waals surface area contributed by atoms with E-state index in [-0.39, 0.29) is 35.2 Å². The number of rotatable bonds is 7. The maximum Gasteiger partial charge on any atom is 0.311 e. The average Bonchev–Trinajstić information content (AvgIpc) is 2.22. The Morgan fingerprint density at radius 3 is 1.75 bits per heavy atom. The molecule has 0 amide bonds. The van der Waals surface area contributed by atoms with Crippen LogP contribution in [-0.2, 0) is 14.3 Å². The normalized spacial score (nSPS) is 15.8. The highest BCUT2D eigenvalue weighted by atomic mass is 16.7. The Morgan fingerprint density at radius 1 is 0.950 bits per heavy atom. The van der Waals surface area contributed by atoms with Crippen molar-refractivity contribution in [2.24, 2.45) is 23.2 Å². The Labute approximate surface area is 125 Å². The summed E-state index contributed by atoms with van der Waals surface area (Å²) in [4.78, 5) is 12.5. The van der Waals surface area contributed by atoms with Crippen LogP contribution in [0.3, 0.4) is 0 Å². The molecule has 0 saturated carbocycles. The molecule has 0 spiro atoms. The minimum absolute atomic E-state index is 0.0512. The van der Waals surface area contributed by atoms with Crippen molar-refractivity contribution in [3.05, 3.63) is 0 Å². The first-order chi connectivity index (χ1) is 8.94. The van der Waals surface area contributed by atoms with Crippen molar-refractivity contribution in [2.75, 3.05) is 0 Å². The van der Waals surface area contributed by atoms with Crippen molar-refractivity contribution in [2.45, 2.75) is 81.1 Å². The first-order valence-electron chi connectivity index (χ1n) is 7.80. The average molecular weight is 286 g/mol. The van der Waals surface area contributed by atoms with Crippen LogP contribution in [0.4, 0.5) is 0 Å². The lowest BCUT2D eigenvalue weighted by molar-refractivity contribution is -0.203. The van der Waals surface area contributed by atoms with Crippen LogP contribution in [0.1, 0.15) is 68.7 Å². The Balaban J connectivity index is 4.80. The smallest absolute Gasteiger partial charge is 0.311 e. The summed E-state index contributed by atoms with van der Waals surface area (Å²) in [5, 5.41) is 0. The maximum atomic E-state index is 12.5. The van der Waals surface area contributed by atoms with E-state index in [2.05, 4.69) is 34.6 Å². The molecule has 0 N–H and O–H groups in total. The summed E-state index contributed by atoms with van der Waals surface area (Å²) in [5.74, 6) is 0.221. The highest BCUT2D eigenvalue weighted by Gasteiger charge is 2.31. The van der Waals surface area contributed by atoms with E-state index < -0.39 is 6.29 Å². The van der Waals surface area contributed by atoms with Gasteiger partial charge >= 0.3 is 5.97 Å². The van der Waals surface area contributed by atoms with Gasteiger partial charge in [-0.25, -0.2) is 0 Å². The molecular weight excluding hydrogens is 252 g/mol. The van der Waals surface area contributed by atoms with Gasteiger partial charge in [-0.2, -0.15) is 0 Å². The van der Waals surface area contributed by atoms with Crippen LogP contribution < -0.4 is 0 Å². The van der Waals surface area contributed by atoms with Gasteiger partial charge in [0.05, 0.1) is 12.0 Å². The maximum absolute atomic E-state index is 12.5. The minimum Gasteiger partial charge on any atom is -0.435 e. The van der Waals surface area contributed by atoms with Crippen LogP contribution >= 0.6 is 0 Å². The van der Waals surface area contributed by atoms with E-state index in [0.29, 0.717) is 0 Å². The van der Waals surface area contributed by atoms with Gasteiger partial charge in [-0.15, -0.1) is 0 Å². The number of carbonyl (C=O) groups is 1. The Kier molecular flexibility index (Phi) is 7.79.